The van der Waals surface area contributed by atoms with Gasteiger partial charge in [0.1, 0.15) is 0 Å². The van der Waals surface area contributed by atoms with Gasteiger partial charge in [-0.3, -0.25) is 0 Å². The van der Waals surface area contributed by atoms with E-state index in [1.807, 2.05) is 0 Å². The van der Waals surface area contributed by atoms with E-state index >= 15 is 0 Å². The summed E-state index contributed by atoms with van der Waals surface area (Å²) < 4.78 is 14.2. The van der Waals surface area contributed by atoms with E-state index in [1.54, 1.807) is 21.3 Å². The second kappa shape index (κ2) is 16.0. The Balaban J connectivity index is -0.000000149. The Morgan fingerprint density at radius 2 is 1.10 bits per heavy atom. The van der Waals surface area contributed by atoms with Crippen molar-refractivity contribution >= 4 is 20.5 Å². The smallest absolute Gasteiger partial charge is 0.379 e. The van der Waals surface area contributed by atoms with Gasteiger partial charge in [0.2, 0.25) is 0 Å². The van der Waals surface area contributed by atoms with Gasteiger partial charge >= 0.3 is 9.53 Å². The largest absolute Gasteiger partial charge is 0.483 e. The summed E-state index contributed by atoms with van der Waals surface area (Å²) in [6, 6.07) is 0. The van der Waals surface area contributed by atoms with E-state index in [1.165, 1.54) is 0 Å². The SMILES string of the molecule is C=C.CO[SiH](OC)OC.[SiH4]. The summed E-state index contributed by atoms with van der Waals surface area (Å²) in [5.41, 5.74) is 0. The van der Waals surface area contributed by atoms with Crippen molar-refractivity contribution in [2.24, 2.45) is 0 Å². The molecule has 0 aromatic carbocycles. The molecule has 3 nitrogen and oxygen atoms in total. The summed E-state index contributed by atoms with van der Waals surface area (Å²) in [6.07, 6.45) is 0. The van der Waals surface area contributed by atoms with Gasteiger partial charge in [-0.05, 0) is 11.0 Å². The maximum atomic E-state index is 4.74. The van der Waals surface area contributed by atoms with Crippen molar-refractivity contribution in [2.45, 2.75) is 0 Å². The highest BCUT2D eigenvalue weighted by atomic mass is 28.3. The second-order valence-electron chi connectivity index (χ2n) is 0.996. The van der Waals surface area contributed by atoms with Crippen LogP contribution in [0.5, 0.6) is 0 Å². The summed E-state index contributed by atoms with van der Waals surface area (Å²) in [5.74, 6) is 0. The summed E-state index contributed by atoms with van der Waals surface area (Å²) in [5, 5.41) is 0. The van der Waals surface area contributed by atoms with Crippen LogP contribution in [0.25, 0.3) is 0 Å². The number of hydrogen-bond donors (Lipinski definition) is 0. The Kier molecular flexibility index (Phi) is 26.5. The van der Waals surface area contributed by atoms with Gasteiger partial charge < -0.3 is 13.3 Å². The van der Waals surface area contributed by atoms with Crippen molar-refractivity contribution in [3.8, 4) is 0 Å². The molecule has 0 heterocycles. The van der Waals surface area contributed by atoms with Gasteiger partial charge in [-0.1, -0.05) is 0 Å². The highest BCUT2D eigenvalue weighted by Crippen LogP contribution is 1.81. The molecule has 0 saturated carbocycles. The fourth-order valence-corrected chi connectivity index (χ4v) is 0.866. The Bertz CT molecular complexity index is 44.6. The second-order valence-corrected chi connectivity index (χ2v) is 2.99. The van der Waals surface area contributed by atoms with Gasteiger partial charge in [-0.25, -0.2) is 0 Å². The zero-order valence-corrected chi connectivity index (χ0v) is 7.37. The van der Waals surface area contributed by atoms with Crippen LogP contribution in [0.15, 0.2) is 13.2 Å². The minimum Gasteiger partial charge on any atom is -0.379 e. The third-order valence-electron chi connectivity index (χ3n) is 0.577. The molecule has 0 saturated heterocycles. The molecule has 0 rings (SSSR count). The Labute approximate surface area is 69.0 Å². The predicted molar refractivity (Wildman–Crippen MR) is 50.8 cm³/mol. The predicted octanol–water partition coefficient (Wildman–Crippen LogP) is -1.01. The lowest BCUT2D eigenvalue weighted by Gasteiger charge is -2.05. The van der Waals surface area contributed by atoms with Crippen LogP contribution in [0, 0.1) is 0 Å². The first kappa shape index (κ1) is 16.6. The monoisotopic (exact) mass is 182 g/mol. The number of rotatable bonds is 3. The van der Waals surface area contributed by atoms with E-state index in [-0.39, 0.29) is 11.0 Å². The lowest BCUT2D eigenvalue weighted by atomic mass is 11.3. The molecule has 0 N–H and O–H groups in total. The van der Waals surface area contributed by atoms with Crippen molar-refractivity contribution < 1.29 is 13.3 Å². The molecule has 5 heteroatoms. The molecule has 0 bridgehead atoms. The Morgan fingerprint density at radius 1 is 0.900 bits per heavy atom. The molecule has 0 aromatic rings. The molecule has 0 aliphatic heterocycles. The van der Waals surface area contributed by atoms with Gasteiger partial charge in [0.25, 0.3) is 0 Å². The molecule has 64 valence electrons. The normalized spacial score (nSPS) is 7.60. The molecule has 0 spiro atoms. The molecule has 0 atom stereocenters. The molecular weight excluding hydrogens is 164 g/mol. The molecule has 0 radical (unpaired) electrons. The van der Waals surface area contributed by atoms with Crippen LogP contribution in [0.1, 0.15) is 0 Å². The van der Waals surface area contributed by atoms with E-state index in [2.05, 4.69) is 13.2 Å². The molecular formula is C5H18O3Si2. The van der Waals surface area contributed by atoms with Crippen molar-refractivity contribution in [1.82, 2.24) is 0 Å². The van der Waals surface area contributed by atoms with Crippen LogP contribution in [-0.2, 0) is 13.3 Å². The average Bonchev–Trinajstić information content (AvgIpc) is 1.96. The first-order valence-electron chi connectivity index (χ1n) is 2.43. The minimum atomic E-state index is -1.67. The van der Waals surface area contributed by atoms with Gasteiger partial charge in [0.15, 0.2) is 0 Å². The molecule has 0 amide bonds. The zero-order chi connectivity index (χ0) is 7.70. The van der Waals surface area contributed by atoms with Crippen molar-refractivity contribution in [3.05, 3.63) is 13.2 Å². The quantitative estimate of drug-likeness (QED) is 0.414. The van der Waals surface area contributed by atoms with Gasteiger partial charge in [-0.15, -0.1) is 13.2 Å². The van der Waals surface area contributed by atoms with E-state index in [9.17, 15) is 0 Å². The lowest BCUT2D eigenvalue weighted by molar-refractivity contribution is 0.163. The topological polar surface area (TPSA) is 27.7 Å². The first-order chi connectivity index (χ1) is 4.35. The van der Waals surface area contributed by atoms with Crippen LogP contribution in [0.2, 0.25) is 0 Å². The van der Waals surface area contributed by atoms with E-state index in [4.69, 9.17) is 13.3 Å². The Morgan fingerprint density at radius 3 is 1.10 bits per heavy atom. The van der Waals surface area contributed by atoms with Crippen LogP contribution in [0.3, 0.4) is 0 Å². The highest BCUT2D eigenvalue weighted by Gasteiger charge is 2.04. The molecule has 10 heavy (non-hydrogen) atoms. The molecule has 0 aromatic heterocycles. The zero-order valence-electron chi connectivity index (χ0n) is 6.22. The van der Waals surface area contributed by atoms with Gasteiger partial charge in [0, 0.05) is 21.3 Å². The molecule has 0 aliphatic carbocycles. The summed E-state index contributed by atoms with van der Waals surface area (Å²) in [7, 11) is 3.05. The van der Waals surface area contributed by atoms with E-state index in [0.29, 0.717) is 0 Å². The van der Waals surface area contributed by atoms with Crippen LogP contribution < -0.4 is 0 Å². The standard InChI is InChI=1S/C3H10O3Si.C2H4.H4Si/c1-4-7(5-2)6-3;1-2;/h7H,1-3H3;1-2H2;1H4. The average molecular weight is 182 g/mol. The first-order valence-corrected chi connectivity index (χ1v) is 3.85. The minimum absolute atomic E-state index is 0. The van der Waals surface area contributed by atoms with Gasteiger partial charge in [0.05, 0.1) is 0 Å². The molecule has 0 fully saturated rings. The number of hydrogen-bond acceptors (Lipinski definition) is 3. The maximum absolute atomic E-state index is 4.74. The van der Waals surface area contributed by atoms with E-state index < -0.39 is 9.53 Å². The fourth-order valence-electron chi connectivity index (χ4n) is 0.289. The van der Waals surface area contributed by atoms with Crippen molar-refractivity contribution in [3.63, 3.8) is 0 Å². The highest BCUT2D eigenvalue weighted by molar-refractivity contribution is 6.36. The third kappa shape index (κ3) is 10.9. The Hall–Kier alpha value is 0.0538. The van der Waals surface area contributed by atoms with Crippen LogP contribution in [0.4, 0.5) is 0 Å². The molecule has 0 aliphatic rings. The fraction of sp³-hybridized carbons (Fsp3) is 0.600. The van der Waals surface area contributed by atoms with Gasteiger partial charge in [-0.2, -0.15) is 0 Å². The maximum Gasteiger partial charge on any atom is 0.483 e. The molecule has 0 unspecified atom stereocenters. The van der Waals surface area contributed by atoms with Crippen molar-refractivity contribution in [2.75, 3.05) is 21.3 Å². The lowest BCUT2D eigenvalue weighted by Crippen LogP contribution is -2.21. The summed E-state index contributed by atoms with van der Waals surface area (Å²) >= 11 is 0. The van der Waals surface area contributed by atoms with E-state index in [0.717, 1.165) is 0 Å². The summed E-state index contributed by atoms with van der Waals surface area (Å²) in [4.78, 5) is 0. The van der Waals surface area contributed by atoms with Crippen LogP contribution in [-0.4, -0.2) is 41.8 Å². The van der Waals surface area contributed by atoms with Crippen molar-refractivity contribution in [1.29, 1.82) is 0 Å². The van der Waals surface area contributed by atoms with Crippen LogP contribution >= 0.6 is 0 Å². The third-order valence-corrected chi connectivity index (χ3v) is 1.73. The summed E-state index contributed by atoms with van der Waals surface area (Å²) in [6.45, 7) is 6.00.